The smallest absolute Gasteiger partial charge is 0.0670 e. The van der Waals surface area contributed by atoms with Crippen molar-refractivity contribution in [2.75, 3.05) is 0 Å². The fourth-order valence-corrected chi connectivity index (χ4v) is 2.60. The number of hydrogen-bond acceptors (Lipinski definition) is 1. The summed E-state index contributed by atoms with van der Waals surface area (Å²) in [6, 6.07) is 13.1. The maximum atomic E-state index is 8.88. The molecule has 0 bridgehead atoms. The lowest BCUT2D eigenvalue weighted by Gasteiger charge is -2.20. The lowest BCUT2D eigenvalue weighted by atomic mass is 9.87. The maximum Gasteiger partial charge on any atom is 0.0670 e. The Hall–Kier alpha value is -2.01. The molecule has 1 heterocycles. The van der Waals surface area contributed by atoms with Crippen molar-refractivity contribution in [3.05, 3.63) is 52.8 Å². The van der Waals surface area contributed by atoms with Crippen LogP contribution in [0.25, 0.3) is 5.69 Å². The average Bonchev–Trinajstić information content (AvgIpc) is 2.64. The van der Waals surface area contributed by atoms with Gasteiger partial charge in [0.05, 0.1) is 12.5 Å². The Morgan fingerprint density at radius 1 is 1.10 bits per heavy atom. The summed E-state index contributed by atoms with van der Waals surface area (Å²) >= 11 is 0. The molecule has 0 saturated carbocycles. The van der Waals surface area contributed by atoms with Gasteiger partial charge in [0.2, 0.25) is 0 Å². The zero-order valence-corrected chi connectivity index (χ0v) is 13.0. The summed E-state index contributed by atoms with van der Waals surface area (Å²) in [6.07, 6.45) is 0.472. The van der Waals surface area contributed by atoms with E-state index >= 15 is 0 Å². The fourth-order valence-electron chi connectivity index (χ4n) is 2.60. The Balaban J connectivity index is 2.45. The lowest BCUT2D eigenvalue weighted by Crippen LogP contribution is -2.11. The standard InChI is InChI=1S/C18H22N2/c1-13-12-15(10-11-19)14(2)20(13)17-8-6-16(7-9-17)18(3,4)5/h6-9,12H,10H2,1-5H3. The first kappa shape index (κ1) is 14.4. The molecule has 0 fully saturated rings. The first-order valence-electron chi connectivity index (χ1n) is 7.00. The van der Waals surface area contributed by atoms with Gasteiger partial charge in [-0.05, 0) is 48.6 Å². The monoisotopic (exact) mass is 266 g/mol. The molecule has 0 aliphatic carbocycles. The molecule has 2 aromatic rings. The van der Waals surface area contributed by atoms with E-state index in [1.54, 1.807) is 0 Å². The van der Waals surface area contributed by atoms with Gasteiger partial charge < -0.3 is 4.57 Å². The molecule has 2 heteroatoms. The van der Waals surface area contributed by atoms with E-state index in [9.17, 15) is 0 Å². The molecule has 0 aliphatic rings. The number of aryl methyl sites for hydroxylation is 1. The van der Waals surface area contributed by atoms with E-state index in [2.05, 4.69) is 75.6 Å². The Labute approximate surface area is 121 Å². The van der Waals surface area contributed by atoms with Crippen molar-refractivity contribution in [2.24, 2.45) is 0 Å². The van der Waals surface area contributed by atoms with Crippen LogP contribution < -0.4 is 0 Å². The quantitative estimate of drug-likeness (QED) is 0.789. The Bertz CT molecular complexity index is 646. The highest BCUT2D eigenvalue weighted by molar-refractivity contribution is 5.43. The molecule has 20 heavy (non-hydrogen) atoms. The number of hydrogen-bond donors (Lipinski definition) is 0. The van der Waals surface area contributed by atoms with Crippen LogP contribution in [0.15, 0.2) is 30.3 Å². The minimum atomic E-state index is 0.172. The van der Waals surface area contributed by atoms with E-state index in [1.807, 2.05) is 0 Å². The second-order valence-electron chi connectivity index (χ2n) is 6.36. The number of aromatic nitrogens is 1. The Kier molecular flexibility index (Phi) is 3.72. The molecule has 0 amide bonds. The number of rotatable bonds is 2. The van der Waals surface area contributed by atoms with Crippen molar-refractivity contribution >= 4 is 0 Å². The van der Waals surface area contributed by atoms with E-state index in [0.717, 1.165) is 16.9 Å². The summed E-state index contributed by atoms with van der Waals surface area (Å²) in [4.78, 5) is 0. The highest BCUT2D eigenvalue weighted by atomic mass is 15.0. The van der Waals surface area contributed by atoms with Crippen LogP contribution >= 0.6 is 0 Å². The highest BCUT2D eigenvalue weighted by Gasteiger charge is 2.14. The molecule has 2 rings (SSSR count). The van der Waals surface area contributed by atoms with Crippen molar-refractivity contribution in [1.82, 2.24) is 4.57 Å². The van der Waals surface area contributed by atoms with Crippen molar-refractivity contribution < 1.29 is 0 Å². The largest absolute Gasteiger partial charge is 0.318 e. The third-order valence-electron chi connectivity index (χ3n) is 3.80. The molecule has 0 atom stereocenters. The summed E-state index contributed by atoms with van der Waals surface area (Å²) in [5.74, 6) is 0. The minimum Gasteiger partial charge on any atom is -0.318 e. The fraction of sp³-hybridized carbons (Fsp3) is 0.389. The molecular formula is C18H22N2. The second-order valence-corrected chi connectivity index (χ2v) is 6.36. The predicted octanol–water partition coefficient (Wildman–Crippen LogP) is 4.46. The average molecular weight is 266 g/mol. The molecule has 1 aromatic carbocycles. The van der Waals surface area contributed by atoms with Gasteiger partial charge in [0, 0.05) is 17.1 Å². The summed E-state index contributed by atoms with van der Waals surface area (Å²) < 4.78 is 2.22. The van der Waals surface area contributed by atoms with Crippen LogP contribution in [0.3, 0.4) is 0 Å². The summed E-state index contributed by atoms with van der Waals surface area (Å²) in [6.45, 7) is 10.8. The molecule has 0 aliphatic heterocycles. The van der Waals surface area contributed by atoms with Gasteiger partial charge in [-0.2, -0.15) is 5.26 Å². The zero-order chi connectivity index (χ0) is 14.9. The second kappa shape index (κ2) is 5.17. The van der Waals surface area contributed by atoms with E-state index in [0.29, 0.717) is 6.42 Å². The predicted molar refractivity (Wildman–Crippen MR) is 83.3 cm³/mol. The van der Waals surface area contributed by atoms with Crippen LogP contribution in [-0.4, -0.2) is 4.57 Å². The molecule has 0 spiro atoms. The first-order valence-corrected chi connectivity index (χ1v) is 7.00. The normalized spacial score (nSPS) is 11.4. The van der Waals surface area contributed by atoms with Gasteiger partial charge in [-0.15, -0.1) is 0 Å². The van der Waals surface area contributed by atoms with E-state index < -0.39 is 0 Å². The van der Waals surface area contributed by atoms with Crippen LogP contribution in [0.5, 0.6) is 0 Å². The van der Waals surface area contributed by atoms with E-state index in [1.165, 1.54) is 11.3 Å². The molecule has 0 saturated heterocycles. The van der Waals surface area contributed by atoms with Crippen molar-refractivity contribution in [2.45, 2.75) is 46.5 Å². The zero-order valence-electron chi connectivity index (χ0n) is 13.0. The van der Waals surface area contributed by atoms with Gasteiger partial charge in [0.25, 0.3) is 0 Å². The SMILES string of the molecule is Cc1cc(CC#N)c(C)n1-c1ccc(C(C)(C)C)cc1. The Morgan fingerprint density at radius 3 is 2.20 bits per heavy atom. The third kappa shape index (κ3) is 2.63. The van der Waals surface area contributed by atoms with Crippen LogP contribution in [0.1, 0.15) is 43.3 Å². The van der Waals surface area contributed by atoms with E-state index in [-0.39, 0.29) is 5.41 Å². The molecular weight excluding hydrogens is 244 g/mol. The molecule has 2 nitrogen and oxygen atoms in total. The Morgan fingerprint density at radius 2 is 1.70 bits per heavy atom. The van der Waals surface area contributed by atoms with Crippen molar-refractivity contribution in [3.8, 4) is 11.8 Å². The number of nitriles is 1. The molecule has 0 radical (unpaired) electrons. The van der Waals surface area contributed by atoms with Crippen molar-refractivity contribution in [1.29, 1.82) is 5.26 Å². The van der Waals surface area contributed by atoms with Crippen LogP contribution in [-0.2, 0) is 11.8 Å². The van der Waals surface area contributed by atoms with Crippen LogP contribution in [0, 0.1) is 25.2 Å². The first-order chi connectivity index (χ1) is 9.34. The third-order valence-corrected chi connectivity index (χ3v) is 3.80. The van der Waals surface area contributed by atoms with Gasteiger partial charge in [-0.1, -0.05) is 32.9 Å². The molecule has 1 aromatic heterocycles. The van der Waals surface area contributed by atoms with Gasteiger partial charge in [0.1, 0.15) is 0 Å². The summed E-state index contributed by atoms with van der Waals surface area (Å²) in [5.41, 5.74) is 6.12. The minimum absolute atomic E-state index is 0.172. The van der Waals surface area contributed by atoms with E-state index in [4.69, 9.17) is 5.26 Å². The maximum absolute atomic E-state index is 8.88. The van der Waals surface area contributed by atoms with Gasteiger partial charge in [-0.3, -0.25) is 0 Å². The number of nitrogens with zero attached hydrogens (tertiary/aromatic N) is 2. The molecule has 0 unspecified atom stereocenters. The molecule has 0 N–H and O–H groups in total. The van der Waals surface area contributed by atoms with Gasteiger partial charge >= 0.3 is 0 Å². The van der Waals surface area contributed by atoms with Crippen LogP contribution in [0.4, 0.5) is 0 Å². The van der Waals surface area contributed by atoms with Gasteiger partial charge in [0.15, 0.2) is 0 Å². The molecule has 104 valence electrons. The summed E-state index contributed by atoms with van der Waals surface area (Å²) in [7, 11) is 0. The topological polar surface area (TPSA) is 28.7 Å². The highest BCUT2D eigenvalue weighted by Crippen LogP contribution is 2.25. The van der Waals surface area contributed by atoms with Crippen molar-refractivity contribution in [3.63, 3.8) is 0 Å². The number of benzene rings is 1. The van der Waals surface area contributed by atoms with Gasteiger partial charge in [-0.25, -0.2) is 0 Å². The van der Waals surface area contributed by atoms with Crippen LogP contribution in [0.2, 0.25) is 0 Å². The summed E-state index contributed by atoms with van der Waals surface area (Å²) in [5, 5.41) is 8.88. The lowest BCUT2D eigenvalue weighted by molar-refractivity contribution is 0.590.